The Kier molecular flexibility index (Phi) is 11.9. The highest BCUT2D eigenvalue weighted by atomic mass is 32.1. The second kappa shape index (κ2) is 14.8. The molecule has 0 spiro atoms. The number of esters is 1. The fourth-order valence-corrected chi connectivity index (χ4v) is 4.62. The van der Waals surface area contributed by atoms with E-state index in [-0.39, 0.29) is 12.5 Å². The van der Waals surface area contributed by atoms with E-state index in [4.69, 9.17) is 29.3 Å². The van der Waals surface area contributed by atoms with Crippen molar-refractivity contribution in [3.63, 3.8) is 0 Å². The van der Waals surface area contributed by atoms with E-state index in [0.717, 1.165) is 36.5 Å². The van der Waals surface area contributed by atoms with Crippen LogP contribution < -0.4 is 10.1 Å². The lowest BCUT2D eigenvalue weighted by Crippen LogP contribution is -2.28. The molecular formula is C25H32N2O8S. The molecule has 0 unspecified atom stereocenters. The molecule has 196 valence electrons. The highest BCUT2D eigenvalue weighted by Gasteiger charge is 2.23. The Hall–Kier alpha value is -3.44. The number of nitrogens with zero attached hydrogens (tertiary/aromatic N) is 1. The quantitative estimate of drug-likeness (QED) is 0.348. The smallest absolute Gasteiger partial charge is 0.414 e. The first-order valence-electron chi connectivity index (χ1n) is 11.7. The van der Waals surface area contributed by atoms with Crippen LogP contribution in [0.5, 0.6) is 5.75 Å². The third kappa shape index (κ3) is 8.97. The standard InChI is InChI=1S/C23H30N2O4S.C2H2O4/c1-3-29-23(27)21-19(17-8-10-18(28-2)11-9-17)16-30-22(21)24-20(26)12-15-25-13-6-4-5-7-14-25;3-1(4)2(5)6/h8-11,16H,3-7,12-15H2,1-2H3,(H,24,26);(H,3,4)(H,5,6). The molecule has 2 heterocycles. The molecule has 1 aliphatic rings. The van der Waals surface area contributed by atoms with Crippen molar-refractivity contribution >= 4 is 40.2 Å². The fourth-order valence-electron chi connectivity index (χ4n) is 3.65. The lowest BCUT2D eigenvalue weighted by Gasteiger charge is -2.19. The Bertz CT molecular complexity index is 1020. The molecule has 1 aromatic carbocycles. The topological polar surface area (TPSA) is 142 Å². The minimum Gasteiger partial charge on any atom is -0.497 e. The largest absolute Gasteiger partial charge is 0.497 e. The van der Waals surface area contributed by atoms with E-state index in [1.54, 1.807) is 14.0 Å². The third-order valence-corrected chi connectivity index (χ3v) is 6.36. The van der Waals surface area contributed by atoms with Crippen molar-refractivity contribution in [2.75, 3.05) is 38.7 Å². The number of nitrogens with one attached hydrogen (secondary N) is 1. The van der Waals surface area contributed by atoms with Gasteiger partial charge in [0, 0.05) is 23.9 Å². The summed E-state index contributed by atoms with van der Waals surface area (Å²) < 4.78 is 10.5. The highest BCUT2D eigenvalue weighted by Crippen LogP contribution is 2.37. The molecular weight excluding hydrogens is 488 g/mol. The molecule has 0 radical (unpaired) electrons. The van der Waals surface area contributed by atoms with Crippen LogP contribution in [-0.2, 0) is 19.1 Å². The maximum absolute atomic E-state index is 12.7. The maximum atomic E-state index is 12.7. The molecule has 0 bridgehead atoms. The Morgan fingerprint density at radius 2 is 1.61 bits per heavy atom. The number of ether oxygens (including phenoxy) is 2. The van der Waals surface area contributed by atoms with Crippen molar-refractivity contribution in [2.45, 2.75) is 39.0 Å². The van der Waals surface area contributed by atoms with Gasteiger partial charge in [-0.05, 0) is 50.6 Å². The molecule has 1 aliphatic heterocycles. The van der Waals surface area contributed by atoms with Gasteiger partial charge in [0.05, 0.1) is 13.7 Å². The number of hydrogen-bond acceptors (Lipinski definition) is 8. The second-order valence-electron chi connectivity index (χ2n) is 7.97. The van der Waals surface area contributed by atoms with E-state index < -0.39 is 17.9 Å². The average Bonchev–Trinajstić information content (AvgIpc) is 3.09. The lowest BCUT2D eigenvalue weighted by atomic mass is 10.0. The summed E-state index contributed by atoms with van der Waals surface area (Å²) in [7, 11) is 1.61. The Morgan fingerprint density at radius 1 is 1.00 bits per heavy atom. The van der Waals surface area contributed by atoms with Gasteiger partial charge in [-0.1, -0.05) is 25.0 Å². The molecule has 11 heteroatoms. The lowest BCUT2D eigenvalue weighted by molar-refractivity contribution is -0.159. The first-order chi connectivity index (χ1) is 17.3. The molecule has 0 atom stereocenters. The van der Waals surface area contributed by atoms with Crippen LogP contribution in [0.1, 0.15) is 49.4 Å². The van der Waals surface area contributed by atoms with Gasteiger partial charge in [0.15, 0.2) is 0 Å². The van der Waals surface area contributed by atoms with Crippen LogP contribution in [0.25, 0.3) is 11.1 Å². The van der Waals surface area contributed by atoms with E-state index in [1.807, 2.05) is 29.6 Å². The van der Waals surface area contributed by atoms with Crippen molar-refractivity contribution in [2.24, 2.45) is 0 Å². The maximum Gasteiger partial charge on any atom is 0.414 e. The van der Waals surface area contributed by atoms with Crippen molar-refractivity contribution in [1.82, 2.24) is 4.90 Å². The number of benzene rings is 1. The number of carbonyl (C=O) groups is 4. The fraction of sp³-hybridized carbons (Fsp3) is 0.440. The summed E-state index contributed by atoms with van der Waals surface area (Å²) >= 11 is 1.35. The van der Waals surface area contributed by atoms with Crippen LogP contribution in [0.15, 0.2) is 29.6 Å². The van der Waals surface area contributed by atoms with Crippen LogP contribution in [0.2, 0.25) is 0 Å². The van der Waals surface area contributed by atoms with E-state index >= 15 is 0 Å². The van der Waals surface area contributed by atoms with Crippen molar-refractivity contribution in [1.29, 1.82) is 0 Å². The number of carboxylic acid groups (broad SMARTS) is 2. The molecule has 1 saturated heterocycles. The van der Waals surface area contributed by atoms with Gasteiger partial charge >= 0.3 is 17.9 Å². The number of anilines is 1. The Labute approximate surface area is 213 Å². The Morgan fingerprint density at radius 3 is 2.14 bits per heavy atom. The van der Waals surface area contributed by atoms with Gasteiger partial charge in [-0.3, -0.25) is 4.79 Å². The molecule has 0 aliphatic carbocycles. The number of hydrogen-bond donors (Lipinski definition) is 3. The summed E-state index contributed by atoms with van der Waals surface area (Å²) in [6.45, 7) is 4.91. The molecule has 0 saturated carbocycles. The van der Waals surface area contributed by atoms with E-state index in [9.17, 15) is 9.59 Å². The monoisotopic (exact) mass is 520 g/mol. The number of amides is 1. The third-order valence-electron chi connectivity index (χ3n) is 5.46. The van der Waals surface area contributed by atoms with Gasteiger partial charge in [-0.2, -0.15) is 0 Å². The van der Waals surface area contributed by atoms with E-state index in [1.165, 1.54) is 37.0 Å². The van der Waals surface area contributed by atoms with Gasteiger partial charge < -0.3 is 29.9 Å². The van der Waals surface area contributed by atoms with Crippen LogP contribution in [0.4, 0.5) is 5.00 Å². The predicted octanol–water partition coefficient (Wildman–Crippen LogP) is 3.96. The number of methoxy groups -OCH3 is 1. The molecule has 3 rings (SSSR count). The van der Waals surface area contributed by atoms with Gasteiger partial charge in [0.2, 0.25) is 5.91 Å². The normalized spacial score (nSPS) is 13.5. The summed E-state index contributed by atoms with van der Waals surface area (Å²) in [5, 5.41) is 20.2. The first kappa shape index (κ1) is 28.8. The number of carbonyl (C=O) groups excluding carboxylic acids is 2. The van der Waals surface area contributed by atoms with Crippen LogP contribution in [0, 0.1) is 0 Å². The number of likely N-dealkylation sites (tertiary alicyclic amines) is 1. The summed E-state index contributed by atoms with van der Waals surface area (Å²) in [5.41, 5.74) is 2.04. The first-order valence-corrected chi connectivity index (χ1v) is 12.6. The van der Waals surface area contributed by atoms with Gasteiger partial charge in [-0.25, -0.2) is 14.4 Å². The minimum absolute atomic E-state index is 0.0760. The predicted molar refractivity (Wildman–Crippen MR) is 136 cm³/mol. The Balaban J connectivity index is 0.000000678. The van der Waals surface area contributed by atoms with Gasteiger partial charge in [-0.15, -0.1) is 11.3 Å². The SMILES string of the molecule is CCOC(=O)c1c(-c2ccc(OC)cc2)csc1NC(=O)CCN1CCCCCC1.O=C(O)C(=O)O. The highest BCUT2D eigenvalue weighted by molar-refractivity contribution is 7.15. The van der Waals surface area contributed by atoms with Crippen LogP contribution in [-0.4, -0.2) is 72.3 Å². The number of aliphatic carboxylic acids is 2. The number of thiophene rings is 1. The van der Waals surface area contributed by atoms with Crippen molar-refractivity contribution in [3.8, 4) is 16.9 Å². The van der Waals surface area contributed by atoms with Gasteiger partial charge in [0.25, 0.3) is 0 Å². The zero-order valence-corrected chi connectivity index (χ0v) is 21.3. The number of carboxylic acids is 2. The zero-order chi connectivity index (χ0) is 26.5. The molecule has 1 amide bonds. The minimum atomic E-state index is -1.82. The molecule has 2 aromatic rings. The van der Waals surface area contributed by atoms with Crippen LogP contribution in [0.3, 0.4) is 0 Å². The van der Waals surface area contributed by atoms with E-state index in [0.29, 0.717) is 17.0 Å². The summed E-state index contributed by atoms with van der Waals surface area (Å²) in [5.74, 6) is -3.40. The molecule has 36 heavy (non-hydrogen) atoms. The molecule has 1 aromatic heterocycles. The summed E-state index contributed by atoms with van der Waals surface area (Å²) in [6.07, 6.45) is 5.36. The second-order valence-corrected chi connectivity index (χ2v) is 8.85. The molecule has 10 nitrogen and oxygen atoms in total. The molecule has 1 fully saturated rings. The molecule has 3 N–H and O–H groups in total. The van der Waals surface area contributed by atoms with Crippen molar-refractivity contribution < 1.29 is 38.9 Å². The average molecular weight is 521 g/mol. The number of rotatable bonds is 8. The van der Waals surface area contributed by atoms with Gasteiger partial charge in [0.1, 0.15) is 16.3 Å². The summed E-state index contributed by atoms with van der Waals surface area (Å²) in [6, 6.07) is 7.49. The van der Waals surface area contributed by atoms with E-state index in [2.05, 4.69) is 10.2 Å². The zero-order valence-electron chi connectivity index (χ0n) is 20.5. The van der Waals surface area contributed by atoms with Crippen LogP contribution >= 0.6 is 11.3 Å². The summed E-state index contributed by atoms with van der Waals surface area (Å²) in [4.78, 5) is 45.8. The van der Waals surface area contributed by atoms with Crippen molar-refractivity contribution in [3.05, 3.63) is 35.2 Å².